The Kier molecular flexibility index (Phi) is 7.10. The first-order valence-electron chi connectivity index (χ1n) is 13.3. The lowest BCUT2D eigenvalue weighted by atomic mass is 9.85. The van der Waals surface area contributed by atoms with Gasteiger partial charge in [0.25, 0.3) is 0 Å². The molecule has 1 aromatic heterocycles. The van der Waals surface area contributed by atoms with Gasteiger partial charge in [0.15, 0.2) is 0 Å². The number of fused-ring (bicyclic) bond motifs is 3. The van der Waals surface area contributed by atoms with E-state index in [-0.39, 0.29) is 18.0 Å². The fourth-order valence-corrected chi connectivity index (χ4v) is 6.15. The van der Waals surface area contributed by atoms with E-state index in [2.05, 4.69) is 9.88 Å². The molecule has 1 fully saturated rings. The number of carboxylic acids is 1. The highest BCUT2D eigenvalue weighted by Gasteiger charge is 2.36. The Bertz CT molecular complexity index is 1370. The van der Waals surface area contributed by atoms with Crippen LogP contribution in [0.4, 0.5) is 10.5 Å². The number of amides is 2. The first-order chi connectivity index (χ1) is 18.3. The number of methoxy groups -OCH3 is 1. The van der Waals surface area contributed by atoms with Crippen LogP contribution < -0.4 is 10.2 Å². The van der Waals surface area contributed by atoms with E-state index in [1.807, 2.05) is 49.4 Å². The summed E-state index contributed by atoms with van der Waals surface area (Å²) in [6.45, 7) is 3.49. The van der Waals surface area contributed by atoms with Crippen molar-refractivity contribution in [2.24, 2.45) is 5.92 Å². The summed E-state index contributed by atoms with van der Waals surface area (Å²) in [6.07, 6.45) is 3.88. The minimum absolute atomic E-state index is 0.0138. The standard InChI is InChI=1S/C29H34N4O5/c1-17-12-13-22-23(32(17)29(37)38-3)14-15-24-26(22)31-27(25(30-18(2)34)19-8-5-4-6-9-19)33(24)21-11-7-10-20(16-21)28(35)36/h4-6,8-9,14-15,17,20-21,25H,7,10-13,16H2,1-3H3,(H,30,34)(H,35,36)/t17-,20+,21+,25-/m0/s1. The van der Waals surface area contributed by atoms with Gasteiger partial charge in [-0.25, -0.2) is 9.78 Å². The van der Waals surface area contributed by atoms with E-state index in [9.17, 15) is 19.5 Å². The molecule has 2 amide bonds. The van der Waals surface area contributed by atoms with Crippen LogP contribution in [0, 0.1) is 5.92 Å². The van der Waals surface area contributed by atoms with Crippen molar-refractivity contribution < 1.29 is 24.2 Å². The molecule has 200 valence electrons. The molecule has 0 spiro atoms. The Morgan fingerprint density at radius 3 is 2.55 bits per heavy atom. The van der Waals surface area contributed by atoms with E-state index in [0.717, 1.165) is 53.5 Å². The number of nitrogens with one attached hydrogen (secondary N) is 1. The molecule has 1 aliphatic heterocycles. The fourth-order valence-electron chi connectivity index (χ4n) is 6.15. The maximum absolute atomic E-state index is 12.7. The fraction of sp³-hybridized carbons (Fsp3) is 0.448. The van der Waals surface area contributed by atoms with Gasteiger partial charge in [-0.3, -0.25) is 14.5 Å². The number of ether oxygens (including phenoxy) is 1. The average Bonchev–Trinajstić information content (AvgIpc) is 3.31. The molecule has 1 aliphatic carbocycles. The molecule has 3 aromatic rings. The molecule has 0 unspecified atom stereocenters. The number of carbonyl (C=O) groups is 3. The Balaban J connectivity index is 1.74. The lowest BCUT2D eigenvalue weighted by molar-refractivity contribution is -0.143. The summed E-state index contributed by atoms with van der Waals surface area (Å²) in [7, 11) is 1.38. The summed E-state index contributed by atoms with van der Waals surface area (Å²) < 4.78 is 7.24. The lowest BCUT2D eigenvalue weighted by Crippen LogP contribution is -2.42. The van der Waals surface area contributed by atoms with Gasteiger partial charge in [0.1, 0.15) is 11.9 Å². The molecule has 2 heterocycles. The van der Waals surface area contributed by atoms with E-state index in [0.29, 0.717) is 18.7 Å². The van der Waals surface area contributed by atoms with E-state index in [4.69, 9.17) is 9.72 Å². The predicted octanol–water partition coefficient (Wildman–Crippen LogP) is 4.99. The largest absolute Gasteiger partial charge is 0.481 e. The molecular weight excluding hydrogens is 484 g/mol. The van der Waals surface area contributed by atoms with Gasteiger partial charge in [-0.15, -0.1) is 0 Å². The number of hydrogen-bond donors (Lipinski definition) is 2. The third-order valence-electron chi connectivity index (χ3n) is 7.95. The van der Waals surface area contributed by atoms with Gasteiger partial charge in [-0.2, -0.15) is 0 Å². The molecule has 9 nitrogen and oxygen atoms in total. The third kappa shape index (κ3) is 4.61. The number of rotatable bonds is 5. The van der Waals surface area contributed by atoms with Crippen LogP contribution in [-0.2, 0) is 20.7 Å². The zero-order valence-corrected chi connectivity index (χ0v) is 22.0. The molecular formula is C29H34N4O5. The predicted molar refractivity (Wildman–Crippen MR) is 143 cm³/mol. The Morgan fingerprint density at radius 1 is 1.11 bits per heavy atom. The molecule has 38 heavy (non-hydrogen) atoms. The number of benzene rings is 2. The topological polar surface area (TPSA) is 114 Å². The number of aromatic nitrogens is 2. The minimum Gasteiger partial charge on any atom is -0.481 e. The van der Waals surface area contributed by atoms with Crippen LogP contribution in [0.3, 0.4) is 0 Å². The summed E-state index contributed by atoms with van der Waals surface area (Å²) in [5, 5.41) is 12.9. The summed E-state index contributed by atoms with van der Waals surface area (Å²) >= 11 is 0. The van der Waals surface area contributed by atoms with E-state index in [1.54, 1.807) is 4.90 Å². The molecule has 2 aliphatic rings. The van der Waals surface area contributed by atoms with E-state index in [1.165, 1.54) is 14.0 Å². The second-order valence-corrected chi connectivity index (χ2v) is 10.4. The van der Waals surface area contributed by atoms with Crippen LogP contribution in [0.5, 0.6) is 0 Å². The number of imidazole rings is 1. The van der Waals surface area contributed by atoms with Gasteiger partial charge < -0.3 is 19.7 Å². The molecule has 0 bridgehead atoms. The maximum atomic E-state index is 12.7. The number of anilines is 1. The third-order valence-corrected chi connectivity index (χ3v) is 7.95. The van der Waals surface area contributed by atoms with E-state index >= 15 is 0 Å². The average molecular weight is 519 g/mol. The highest BCUT2D eigenvalue weighted by Crippen LogP contribution is 2.42. The molecule has 4 atom stereocenters. The Hall–Kier alpha value is -3.88. The van der Waals surface area contributed by atoms with Gasteiger partial charge in [0, 0.05) is 24.6 Å². The second kappa shape index (κ2) is 10.5. The highest BCUT2D eigenvalue weighted by molar-refractivity contribution is 5.95. The van der Waals surface area contributed by atoms with Gasteiger partial charge in [0.05, 0.1) is 29.7 Å². The number of nitrogens with zero attached hydrogens (tertiary/aromatic N) is 3. The maximum Gasteiger partial charge on any atom is 0.414 e. The number of aryl methyl sites for hydroxylation is 1. The molecule has 2 N–H and O–H groups in total. The van der Waals surface area contributed by atoms with Crippen LogP contribution in [0.15, 0.2) is 42.5 Å². The molecule has 2 aromatic carbocycles. The summed E-state index contributed by atoms with van der Waals surface area (Å²) in [5.74, 6) is -0.711. The minimum atomic E-state index is -0.776. The molecule has 9 heteroatoms. The van der Waals surface area contributed by atoms with Gasteiger partial charge in [0.2, 0.25) is 5.91 Å². The molecule has 0 radical (unpaired) electrons. The van der Waals surface area contributed by atoms with Crippen LogP contribution in [-0.4, -0.2) is 45.8 Å². The van der Waals surface area contributed by atoms with Crippen molar-refractivity contribution in [3.05, 3.63) is 59.4 Å². The zero-order valence-electron chi connectivity index (χ0n) is 22.0. The SMILES string of the molecule is COC(=O)N1c2ccc3c(nc([C@@H](NC(C)=O)c4ccccc4)n3[C@@H]3CCC[C@@H](C(=O)O)C3)c2CC[C@@H]1C. The normalized spacial score (nSPS) is 22.0. The van der Waals surface area contributed by atoms with Crippen molar-refractivity contribution in [1.29, 1.82) is 0 Å². The van der Waals surface area contributed by atoms with Crippen molar-refractivity contribution in [2.75, 3.05) is 12.0 Å². The first-order valence-corrected chi connectivity index (χ1v) is 13.3. The number of hydrogen-bond acceptors (Lipinski definition) is 5. The van der Waals surface area contributed by atoms with Crippen molar-refractivity contribution in [1.82, 2.24) is 14.9 Å². The van der Waals surface area contributed by atoms with Crippen molar-refractivity contribution in [3.8, 4) is 0 Å². The van der Waals surface area contributed by atoms with Crippen molar-refractivity contribution in [3.63, 3.8) is 0 Å². The molecule has 1 saturated carbocycles. The quantitative estimate of drug-likeness (QED) is 0.492. The zero-order chi connectivity index (χ0) is 27.0. The van der Waals surface area contributed by atoms with Gasteiger partial charge in [-0.05, 0) is 56.7 Å². The highest BCUT2D eigenvalue weighted by atomic mass is 16.5. The molecule has 5 rings (SSSR count). The summed E-state index contributed by atoms with van der Waals surface area (Å²) in [4.78, 5) is 43.9. The Morgan fingerprint density at radius 2 is 1.87 bits per heavy atom. The van der Waals surface area contributed by atoms with E-state index < -0.39 is 24.0 Å². The lowest BCUT2D eigenvalue weighted by Gasteiger charge is -2.34. The smallest absolute Gasteiger partial charge is 0.414 e. The monoisotopic (exact) mass is 518 g/mol. The van der Waals surface area contributed by atoms with Gasteiger partial charge in [-0.1, -0.05) is 36.8 Å². The second-order valence-electron chi connectivity index (χ2n) is 10.4. The van der Waals surface area contributed by atoms with Crippen molar-refractivity contribution >= 4 is 34.7 Å². The first kappa shape index (κ1) is 25.8. The molecule has 0 saturated heterocycles. The Labute approximate surface area is 221 Å². The van der Waals surface area contributed by atoms with Crippen LogP contribution >= 0.6 is 0 Å². The number of carboxylic acid groups (broad SMARTS) is 1. The van der Waals surface area contributed by atoms with Crippen LogP contribution in [0.25, 0.3) is 11.0 Å². The van der Waals surface area contributed by atoms with Crippen LogP contribution in [0.2, 0.25) is 0 Å². The summed E-state index contributed by atoms with van der Waals surface area (Å²) in [5.41, 5.74) is 4.30. The number of aliphatic carboxylic acids is 1. The summed E-state index contributed by atoms with van der Waals surface area (Å²) in [6, 6.07) is 13.0. The van der Waals surface area contributed by atoms with Crippen molar-refractivity contribution in [2.45, 2.75) is 70.5 Å². The number of carbonyl (C=O) groups excluding carboxylic acids is 2. The van der Waals surface area contributed by atoms with Crippen LogP contribution in [0.1, 0.15) is 75.0 Å². The van der Waals surface area contributed by atoms with Gasteiger partial charge >= 0.3 is 12.1 Å².